The third-order valence-corrected chi connectivity index (χ3v) is 4.57. The van der Waals surface area contributed by atoms with Crippen LogP contribution in [-0.4, -0.2) is 40.8 Å². The van der Waals surface area contributed by atoms with Crippen LogP contribution in [-0.2, 0) is 4.79 Å². The summed E-state index contributed by atoms with van der Waals surface area (Å²) in [5, 5.41) is 12.8. The third-order valence-electron chi connectivity index (χ3n) is 4.57. The van der Waals surface area contributed by atoms with Crippen LogP contribution in [0, 0.1) is 0 Å². The first-order chi connectivity index (χ1) is 14.6. The molecule has 10 heteroatoms. The Morgan fingerprint density at radius 3 is 2.42 bits per heavy atom. The monoisotopic (exact) mass is 434 g/mol. The van der Waals surface area contributed by atoms with Gasteiger partial charge in [0.15, 0.2) is 12.3 Å². The second-order valence-electron chi connectivity index (χ2n) is 7.02. The molecular formula is C21H21F3N4O3. The van der Waals surface area contributed by atoms with Gasteiger partial charge in [-0.25, -0.2) is 0 Å². The molecule has 0 aliphatic rings. The largest absolute Gasteiger partial charge is 0.484 e. The molecule has 0 spiro atoms. The van der Waals surface area contributed by atoms with Gasteiger partial charge in [-0.2, -0.15) is 18.3 Å². The summed E-state index contributed by atoms with van der Waals surface area (Å²) >= 11 is 0. The summed E-state index contributed by atoms with van der Waals surface area (Å²) < 4.78 is 41.3. The number of benzene rings is 2. The Bertz CT molecular complexity index is 1060. The van der Waals surface area contributed by atoms with E-state index in [0.29, 0.717) is 16.5 Å². The molecule has 0 fully saturated rings. The van der Waals surface area contributed by atoms with Crippen molar-refractivity contribution in [2.45, 2.75) is 32.1 Å². The fourth-order valence-electron chi connectivity index (χ4n) is 2.91. The third kappa shape index (κ3) is 5.74. The average Bonchev–Trinajstić information content (AvgIpc) is 3.16. The Labute approximate surface area is 176 Å². The van der Waals surface area contributed by atoms with Gasteiger partial charge in [0.1, 0.15) is 11.8 Å². The molecule has 0 aliphatic carbocycles. The van der Waals surface area contributed by atoms with E-state index in [1.165, 1.54) is 12.1 Å². The van der Waals surface area contributed by atoms with Crippen molar-refractivity contribution in [3.8, 4) is 5.75 Å². The Morgan fingerprint density at radius 1 is 1.06 bits per heavy atom. The van der Waals surface area contributed by atoms with E-state index in [4.69, 9.17) is 0 Å². The van der Waals surface area contributed by atoms with Gasteiger partial charge >= 0.3 is 6.18 Å². The predicted molar refractivity (Wildman–Crippen MR) is 108 cm³/mol. The van der Waals surface area contributed by atoms with Crippen LogP contribution in [0.5, 0.6) is 5.75 Å². The minimum atomic E-state index is -4.41. The molecule has 31 heavy (non-hydrogen) atoms. The number of H-pyrrole nitrogens is 1. The molecule has 2 amide bonds. The van der Waals surface area contributed by atoms with Gasteiger partial charge in [0.25, 0.3) is 5.91 Å². The maximum atomic E-state index is 12.5. The molecule has 2 aromatic carbocycles. The first-order valence-corrected chi connectivity index (χ1v) is 9.48. The zero-order chi connectivity index (χ0) is 22.6. The Hall–Kier alpha value is -3.56. The number of amides is 2. The summed E-state index contributed by atoms with van der Waals surface area (Å²) in [4.78, 5) is 25.0. The molecule has 164 valence electrons. The van der Waals surface area contributed by atoms with Crippen LogP contribution in [0.2, 0.25) is 0 Å². The fraction of sp³-hybridized carbons (Fsp3) is 0.286. The lowest BCUT2D eigenvalue weighted by atomic mass is 10.1. The number of alkyl halides is 3. The van der Waals surface area contributed by atoms with Crippen LogP contribution in [0.15, 0.2) is 48.5 Å². The van der Waals surface area contributed by atoms with Gasteiger partial charge < -0.3 is 15.4 Å². The summed E-state index contributed by atoms with van der Waals surface area (Å²) in [6.45, 7) is 1.89. The van der Waals surface area contributed by atoms with Crippen LogP contribution >= 0.6 is 0 Å². The highest BCUT2D eigenvalue weighted by atomic mass is 19.4. The number of carbonyl (C=O) groups excluding carboxylic acids is 2. The van der Waals surface area contributed by atoms with Crippen LogP contribution in [0.25, 0.3) is 10.9 Å². The number of rotatable bonds is 7. The Kier molecular flexibility index (Phi) is 6.47. The number of hydrogen-bond acceptors (Lipinski definition) is 4. The molecule has 0 radical (unpaired) electrons. The summed E-state index contributed by atoms with van der Waals surface area (Å²) in [6.07, 6.45) is -4.41. The van der Waals surface area contributed by atoms with E-state index in [1.54, 1.807) is 44.2 Å². The van der Waals surface area contributed by atoms with E-state index in [-0.39, 0.29) is 11.4 Å². The lowest BCUT2D eigenvalue weighted by Gasteiger charge is -2.19. The topological polar surface area (TPSA) is 96.1 Å². The molecule has 3 rings (SSSR count). The summed E-state index contributed by atoms with van der Waals surface area (Å²) in [5.41, 5.74) is 1.57. The maximum Gasteiger partial charge on any atom is 0.422 e. The highest BCUT2D eigenvalue weighted by Gasteiger charge is 2.28. The average molecular weight is 434 g/mol. The molecule has 0 bridgehead atoms. The number of aromatic nitrogens is 2. The molecule has 1 heterocycles. The van der Waals surface area contributed by atoms with Crippen molar-refractivity contribution in [3.63, 3.8) is 0 Å². The zero-order valence-corrected chi connectivity index (χ0v) is 16.8. The normalized spacial score (nSPS) is 13.5. The highest BCUT2D eigenvalue weighted by molar-refractivity contribution is 6.05. The fourth-order valence-corrected chi connectivity index (χ4v) is 2.91. The molecular weight excluding hydrogens is 413 g/mol. The highest BCUT2D eigenvalue weighted by Crippen LogP contribution is 2.21. The van der Waals surface area contributed by atoms with Crippen LogP contribution in [0.3, 0.4) is 0 Å². The molecule has 1 aromatic heterocycles. The number of halogens is 3. The number of fused-ring (bicyclic) bond motifs is 1. The number of carbonyl (C=O) groups is 2. The SMILES string of the molecule is CC(NC(=O)c1n[nH]c2ccccc12)C(=O)NC(C)c1ccc(OCC(F)(F)F)cc1. The van der Waals surface area contributed by atoms with Crippen LogP contribution in [0.4, 0.5) is 13.2 Å². The molecule has 2 unspecified atom stereocenters. The van der Waals surface area contributed by atoms with E-state index in [2.05, 4.69) is 25.6 Å². The Balaban J connectivity index is 1.55. The standard InChI is InChI=1S/C21H21F3N4O3/c1-12(14-7-9-15(10-8-14)31-11-21(22,23)24)25-19(29)13(2)26-20(30)18-16-5-3-4-6-17(16)27-28-18/h3-10,12-13H,11H2,1-2H3,(H,25,29)(H,26,30)(H,27,28). The summed E-state index contributed by atoms with van der Waals surface area (Å²) in [7, 11) is 0. The van der Waals surface area contributed by atoms with Crippen molar-refractivity contribution in [1.82, 2.24) is 20.8 Å². The molecule has 0 saturated heterocycles. The lowest BCUT2D eigenvalue weighted by molar-refractivity contribution is -0.153. The molecule has 2 atom stereocenters. The van der Waals surface area contributed by atoms with Crippen LogP contribution < -0.4 is 15.4 Å². The quantitative estimate of drug-likeness (QED) is 0.530. The lowest BCUT2D eigenvalue weighted by Crippen LogP contribution is -2.45. The first kappa shape index (κ1) is 22.1. The van der Waals surface area contributed by atoms with E-state index in [9.17, 15) is 22.8 Å². The van der Waals surface area contributed by atoms with Crippen molar-refractivity contribution in [3.05, 3.63) is 59.8 Å². The maximum absolute atomic E-state index is 12.5. The van der Waals surface area contributed by atoms with Gasteiger partial charge in [0.05, 0.1) is 11.6 Å². The van der Waals surface area contributed by atoms with Gasteiger partial charge in [0.2, 0.25) is 5.91 Å². The van der Waals surface area contributed by atoms with Crippen molar-refractivity contribution < 1.29 is 27.5 Å². The number of aromatic amines is 1. The molecule has 3 N–H and O–H groups in total. The van der Waals surface area contributed by atoms with Crippen molar-refractivity contribution >= 4 is 22.7 Å². The number of nitrogens with one attached hydrogen (secondary N) is 3. The second-order valence-corrected chi connectivity index (χ2v) is 7.02. The van der Waals surface area contributed by atoms with Gasteiger partial charge in [0, 0.05) is 5.39 Å². The predicted octanol–water partition coefficient (Wildman–Crippen LogP) is 3.50. The van der Waals surface area contributed by atoms with E-state index < -0.39 is 36.7 Å². The smallest absolute Gasteiger partial charge is 0.422 e. The van der Waals surface area contributed by atoms with E-state index >= 15 is 0 Å². The van der Waals surface area contributed by atoms with Crippen molar-refractivity contribution in [1.29, 1.82) is 0 Å². The number of para-hydroxylation sites is 1. The zero-order valence-electron chi connectivity index (χ0n) is 16.8. The van der Waals surface area contributed by atoms with Gasteiger partial charge in [-0.05, 0) is 37.6 Å². The van der Waals surface area contributed by atoms with Gasteiger partial charge in [-0.15, -0.1) is 0 Å². The second kappa shape index (κ2) is 9.07. The number of nitrogens with zero attached hydrogens (tertiary/aromatic N) is 1. The number of hydrogen-bond donors (Lipinski definition) is 3. The van der Waals surface area contributed by atoms with Gasteiger partial charge in [-0.3, -0.25) is 14.7 Å². The van der Waals surface area contributed by atoms with Crippen LogP contribution in [0.1, 0.15) is 35.9 Å². The van der Waals surface area contributed by atoms with E-state index in [0.717, 1.165) is 0 Å². The minimum absolute atomic E-state index is 0.0754. The molecule has 0 aliphatic heterocycles. The van der Waals surface area contributed by atoms with Crippen molar-refractivity contribution in [2.75, 3.05) is 6.61 Å². The van der Waals surface area contributed by atoms with E-state index in [1.807, 2.05) is 6.07 Å². The molecule has 3 aromatic rings. The van der Waals surface area contributed by atoms with Gasteiger partial charge in [-0.1, -0.05) is 30.3 Å². The summed E-state index contributed by atoms with van der Waals surface area (Å²) in [6, 6.07) is 11.8. The molecule has 7 nitrogen and oxygen atoms in total. The summed E-state index contributed by atoms with van der Waals surface area (Å²) in [5.74, 6) is -0.830. The minimum Gasteiger partial charge on any atom is -0.484 e. The Morgan fingerprint density at radius 2 is 1.74 bits per heavy atom. The van der Waals surface area contributed by atoms with Crippen molar-refractivity contribution in [2.24, 2.45) is 0 Å². The number of ether oxygens (including phenoxy) is 1. The molecule has 0 saturated carbocycles. The first-order valence-electron chi connectivity index (χ1n) is 9.48.